The van der Waals surface area contributed by atoms with Crippen LogP contribution in [0.5, 0.6) is 5.75 Å². The van der Waals surface area contributed by atoms with Crippen LogP contribution in [0.15, 0.2) is 59.8 Å². The average molecular weight is 269 g/mol. The first-order valence-corrected chi connectivity index (χ1v) is 6.16. The van der Waals surface area contributed by atoms with Gasteiger partial charge in [-0.15, -0.1) is 0 Å². The van der Waals surface area contributed by atoms with Gasteiger partial charge in [0.25, 0.3) is 0 Å². The molecule has 0 aliphatic carbocycles. The van der Waals surface area contributed by atoms with E-state index in [1.165, 1.54) is 7.11 Å². The third-order valence-electron chi connectivity index (χ3n) is 2.72. The Kier molecular flexibility index (Phi) is 4.50. The van der Waals surface area contributed by atoms with Crippen molar-refractivity contribution in [2.24, 2.45) is 5.16 Å². The molecular formula is C16H15NO3. The Bertz CT molecular complexity index is 621. The SMILES string of the molecule is CO/N=C(\C)c1ccccc1OC(=O)c1ccccc1. The summed E-state index contributed by atoms with van der Waals surface area (Å²) in [5.74, 6) is 0.0583. The van der Waals surface area contributed by atoms with E-state index in [0.29, 0.717) is 17.0 Å². The van der Waals surface area contributed by atoms with E-state index in [9.17, 15) is 4.79 Å². The van der Waals surface area contributed by atoms with Crippen molar-refractivity contribution < 1.29 is 14.4 Å². The summed E-state index contributed by atoms with van der Waals surface area (Å²) in [6, 6.07) is 16.1. The van der Waals surface area contributed by atoms with E-state index in [4.69, 9.17) is 9.57 Å². The lowest BCUT2D eigenvalue weighted by atomic mass is 10.1. The summed E-state index contributed by atoms with van der Waals surface area (Å²) in [6.07, 6.45) is 0. The first-order chi connectivity index (χ1) is 9.72. The Morgan fingerprint density at radius 2 is 1.65 bits per heavy atom. The van der Waals surface area contributed by atoms with Gasteiger partial charge in [0.2, 0.25) is 0 Å². The molecule has 0 heterocycles. The quantitative estimate of drug-likeness (QED) is 0.370. The van der Waals surface area contributed by atoms with Crippen molar-refractivity contribution in [3.8, 4) is 5.75 Å². The average Bonchev–Trinajstić information content (AvgIpc) is 2.49. The molecule has 0 saturated carbocycles. The van der Waals surface area contributed by atoms with Crippen molar-refractivity contribution in [2.45, 2.75) is 6.92 Å². The third kappa shape index (κ3) is 3.23. The highest BCUT2D eigenvalue weighted by atomic mass is 16.6. The number of hydrogen-bond donors (Lipinski definition) is 0. The number of nitrogens with zero attached hydrogens (tertiary/aromatic N) is 1. The van der Waals surface area contributed by atoms with Gasteiger partial charge in [0.05, 0.1) is 11.3 Å². The minimum atomic E-state index is -0.400. The molecule has 0 amide bonds. The highest BCUT2D eigenvalue weighted by Crippen LogP contribution is 2.20. The number of rotatable bonds is 4. The fourth-order valence-corrected chi connectivity index (χ4v) is 1.77. The molecule has 2 aromatic carbocycles. The molecule has 0 radical (unpaired) electrons. The van der Waals surface area contributed by atoms with E-state index in [1.807, 2.05) is 18.2 Å². The van der Waals surface area contributed by atoms with Crippen molar-refractivity contribution in [1.29, 1.82) is 0 Å². The first kappa shape index (κ1) is 13.8. The molecule has 0 bridgehead atoms. The zero-order valence-corrected chi connectivity index (χ0v) is 11.4. The summed E-state index contributed by atoms with van der Waals surface area (Å²) < 4.78 is 5.42. The number of benzene rings is 2. The summed E-state index contributed by atoms with van der Waals surface area (Å²) in [5.41, 5.74) is 1.87. The molecule has 0 fully saturated rings. The van der Waals surface area contributed by atoms with E-state index in [0.717, 1.165) is 5.56 Å². The number of oxime groups is 1. The van der Waals surface area contributed by atoms with Crippen LogP contribution < -0.4 is 4.74 Å². The molecule has 2 aromatic rings. The molecule has 4 heteroatoms. The third-order valence-corrected chi connectivity index (χ3v) is 2.72. The molecule has 0 aliphatic heterocycles. The molecule has 0 unspecified atom stereocenters. The van der Waals surface area contributed by atoms with Gasteiger partial charge in [-0.25, -0.2) is 4.79 Å². The maximum absolute atomic E-state index is 12.1. The van der Waals surface area contributed by atoms with Crippen LogP contribution in [-0.2, 0) is 4.84 Å². The van der Waals surface area contributed by atoms with E-state index in [1.54, 1.807) is 43.3 Å². The lowest BCUT2D eigenvalue weighted by Crippen LogP contribution is -2.11. The molecule has 102 valence electrons. The van der Waals surface area contributed by atoms with Crippen LogP contribution in [-0.4, -0.2) is 18.8 Å². The predicted molar refractivity (Wildman–Crippen MR) is 77.1 cm³/mol. The van der Waals surface area contributed by atoms with Gasteiger partial charge in [0.15, 0.2) is 0 Å². The van der Waals surface area contributed by atoms with Crippen molar-refractivity contribution >= 4 is 11.7 Å². The Morgan fingerprint density at radius 3 is 2.35 bits per heavy atom. The normalized spacial score (nSPS) is 11.0. The number of para-hydroxylation sites is 1. The minimum absolute atomic E-state index is 0.400. The molecule has 0 aromatic heterocycles. The second-order valence-electron chi connectivity index (χ2n) is 4.11. The Labute approximate surface area is 117 Å². The molecule has 0 saturated heterocycles. The van der Waals surface area contributed by atoms with Gasteiger partial charge in [0, 0.05) is 5.56 Å². The van der Waals surface area contributed by atoms with Crippen LogP contribution in [0, 0.1) is 0 Å². The van der Waals surface area contributed by atoms with Crippen LogP contribution in [0.4, 0.5) is 0 Å². The van der Waals surface area contributed by atoms with Crippen LogP contribution in [0.25, 0.3) is 0 Å². The predicted octanol–water partition coefficient (Wildman–Crippen LogP) is 3.28. The summed E-state index contributed by atoms with van der Waals surface area (Å²) in [5, 5.41) is 3.86. The molecule has 4 nitrogen and oxygen atoms in total. The topological polar surface area (TPSA) is 47.9 Å². The van der Waals surface area contributed by atoms with Gasteiger partial charge in [-0.1, -0.05) is 35.5 Å². The number of esters is 1. The first-order valence-electron chi connectivity index (χ1n) is 6.16. The second-order valence-corrected chi connectivity index (χ2v) is 4.11. The van der Waals surface area contributed by atoms with Crippen molar-refractivity contribution in [1.82, 2.24) is 0 Å². The van der Waals surface area contributed by atoms with Gasteiger partial charge in [-0.3, -0.25) is 0 Å². The van der Waals surface area contributed by atoms with Gasteiger partial charge in [0.1, 0.15) is 12.9 Å². The second kappa shape index (κ2) is 6.52. The van der Waals surface area contributed by atoms with E-state index in [-0.39, 0.29) is 0 Å². The zero-order valence-electron chi connectivity index (χ0n) is 11.4. The largest absolute Gasteiger partial charge is 0.422 e. The van der Waals surface area contributed by atoms with E-state index >= 15 is 0 Å². The van der Waals surface area contributed by atoms with Gasteiger partial charge in [-0.2, -0.15) is 0 Å². The molecule has 0 N–H and O–H groups in total. The van der Waals surface area contributed by atoms with Crippen LogP contribution in [0.1, 0.15) is 22.8 Å². The highest BCUT2D eigenvalue weighted by molar-refractivity contribution is 6.02. The zero-order chi connectivity index (χ0) is 14.4. The lowest BCUT2D eigenvalue weighted by Gasteiger charge is -2.09. The molecule has 2 rings (SSSR count). The Morgan fingerprint density at radius 1 is 1.00 bits per heavy atom. The van der Waals surface area contributed by atoms with E-state index in [2.05, 4.69) is 5.16 Å². The van der Waals surface area contributed by atoms with Crippen molar-refractivity contribution in [3.05, 3.63) is 65.7 Å². The monoisotopic (exact) mass is 269 g/mol. The molecule has 20 heavy (non-hydrogen) atoms. The van der Waals surface area contributed by atoms with Crippen molar-refractivity contribution in [2.75, 3.05) is 7.11 Å². The molecule has 0 spiro atoms. The number of carbonyl (C=O) groups excluding carboxylic acids is 1. The summed E-state index contributed by atoms with van der Waals surface area (Å²) in [6.45, 7) is 1.79. The highest BCUT2D eigenvalue weighted by Gasteiger charge is 2.12. The standard InChI is InChI=1S/C16H15NO3/c1-12(17-19-2)14-10-6-7-11-15(14)20-16(18)13-8-4-3-5-9-13/h3-11H,1-2H3/b17-12+. The van der Waals surface area contributed by atoms with Crippen LogP contribution in [0.3, 0.4) is 0 Å². The Balaban J connectivity index is 2.26. The van der Waals surface area contributed by atoms with Gasteiger partial charge < -0.3 is 9.57 Å². The van der Waals surface area contributed by atoms with Crippen molar-refractivity contribution in [3.63, 3.8) is 0 Å². The maximum Gasteiger partial charge on any atom is 0.343 e. The Hall–Kier alpha value is -2.62. The van der Waals surface area contributed by atoms with Gasteiger partial charge in [-0.05, 0) is 31.2 Å². The van der Waals surface area contributed by atoms with Crippen LogP contribution in [0.2, 0.25) is 0 Å². The molecular weight excluding hydrogens is 254 g/mol. The lowest BCUT2D eigenvalue weighted by molar-refractivity contribution is 0.0734. The summed E-state index contributed by atoms with van der Waals surface area (Å²) >= 11 is 0. The fraction of sp³-hybridized carbons (Fsp3) is 0.125. The smallest absolute Gasteiger partial charge is 0.343 e. The van der Waals surface area contributed by atoms with Crippen LogP contribution >= 0.6 is 0 Å². The maximum atomic E-state index is 12.1. The fourth-order valence-electron chi connectivity index (χ4n) is 1.77. The summed E-state index contributed by atoms with van der Waals surface area (Å²) in [4.78, 5) is 16.8. The number of hydrogen-bond acceptors (Lipinski definition) is 4. The minimum Gasteiger partial charge on any atom is -0.422 e. The number of ether oxygens (including phenoxy) is 1. The molecule has 0 aliphatic rings. The summed E-state index contributed by atoms with van der Waals surface area (Å²) in [7, 11) is 1.47. The number of carbonyl (C=O) groups is 1. The van der Waals surface area contributed by atoms with Gasteiger partial charge >= 0.3 is 5.97 Å². The molecule has 0 atom stereocenters. The van der Waals surface area contributed by atoms with E-state index < -0.39 is 5.97 Å².